The number of aryl methyl sites for hydroxylation is 2. The summed E-state index contributed by atoms with van der Waals surface area (Å²) < 4.78 is 0. The topological polar surface area (TPSA) is 63.1 Å². The second kappa shape index (κ2) is 5.68. The monoisotopic (exact) mass is 262 g/mol. The van der Waals surface area contributed by atoms with Crippen molar-refractivity contribution >= 4 is 5.97 Å². The Hall–Kier alpha value is -1.45. The molecule has 1 heterocycles. The highest BCUT2D eigenvalue weighted by Gasteiger charge is 2.27. The van der Waals surface area contributed by atoms with Crippen LogP contribution in [0.3, 0.4) is 0 Å². The van der Waals surface area contributed by atoms with Crippen molar-refractivity contribution in [2.24, 2.45) is 5.92 Å². The van der Waals surface area contributed by atoms with Crippen molar-refractivity contribution in [1.29, 1.82) is 0 Å². The van der Waals surface area contributed by atoms with Crippen LogP contribution >= 0.6 is 0 Å². The minimum absolute atomic E-state index is 0.0141. The number of carboxylic acid groups (broad SMARTS) is 1. The minimum Gasteiger partial charge on any atom is -0.481 e. The molecule has 19 heavy (non-hydrogen) atoms. The number of hydrogen-bond acceptors (Lipinski definition) is 3. The van der Waals surface area contributed by atoms with Gasteiger partial charge in [-0.2, -0.15) is 0 Å². The lowest BCUT2D eigenvalue weighted by Crippen LogP contribution is -2.11. The molecular weight excluding hydrogens is 240 g/mol. The molecule has 2 unspecified atom stereocenters. The molecule has 0 aliphatic heterocycles. The van der Waals surface area contributed by atoms with Gasteiger partial charge in [-0.15, -0.1) is 0 Å². The van der Waals surface area contributed by atoms with E-state index < -0.39 is 5.97 Å². The smallest absolute Gasteiger partial charge is 0.307 e. The molecule has 0 spiro atoms. The van der Waals surface area contributed by atoms with E-state index in [1.165, 1.54) is 19.3 Å². The van der Waals surface area contributed by atoms with Crippen LogP contribution in [0, 0.1) is 19.8 Å². The first-order chi connectivity index (χ1) is 9.01. The van der Waals surface area contributed by atoms with Gasteiger partial charge < -0.3 is 5.11 Å². The van der Waals surface area contributed by atoms with Gasteiger partial charge in [0.2, 0.25) is 0 Å². The Balaban J connectivity index is 2.22. The highest BCUT2D eigenvalue weighted by Crippen LogP contribution is 2.38. The van der Waals surface area contributed by atoms with Crippen molar-refractivity contribution < 1.29 is 9.90 Å². The summed E-state index contributed by atoms with van der Waals surface area (Å²) in [5.74, 6) is 1.35. The number of rotatable bonds is 4. The van der Waals surface area contributed by atoms with Gasteiger partial charge >= 0.3 is 5.97 Å². The molecule has 1 aromatic heterocycles. The Bertz CT molecular complexity index is 462. The minimum atomic E-state index is -0.825. The second-order valence-electron chi connectivity index (χ2n) is 5.59. The van der Waals surface area contributed by atoms with Gasteiger partial charge in [0, 0.05) is 22.9 Å². The summed E-state index contributed by atoms with van der Waals surface area (Å²) >= 11 is 0. The van der Waals surface area contributed by atoms with Gasteiger partial charge in [-0.3, -0.25) is 4.79 Å². The Morgan fingerprint density at radius 1 is 1.26 bits per heavy atom. The quantitative estimate of drug-likeness (QED) is 0.906. The maximum Gasteiger partial charge on any atom is 0.307 e. The van der Waals surface area contributed by atoms with Gasteiger partial charge in [0.05, 0.1) is 6.42 Å². The lowest BCUT2D eigenvalue weighted by molar-refractivity contribution is -0.136. The normalized spacial score (nSPS) is 22.7. The van der Waals surface area contributed by atoms with E-state index in [1.54, 1.807) is 0 Å². The Morgan fingerprint density at radius 3 is 2.37 bits per heavy atom. The number of hydrogen-bond donors (Lipinski definition) is 1. The van der Waals surface area contributed by atoms with Crippen LogP contribution in [0.15, 0.2) is 0 Å². The van der Waals surface area contributed by atoms with Crippen LogP contribution < -0.4 is 0 Å². The summed E-state index contributed by atoms with van der Waals surface area (Å²) in [6.07, 6.45) is 4.84. The van der Waals surface area contributed by atoms with Crippen LogP contribution in [0.2, 0.25) is 0 Å². The van der Waals surface area contributed by atoms with Gasteiger partial charge in [0.15, 0.2) is 0 Å². The van der Waals surface area contributed by atoms with Crippen molar-refractivity contribution in [2.45, 2.75) is 58.8 Å². The number of aliphatic carboxylic acids is 1. The van der Waals surface area contributed by atoms with E-state index in [1.807, 2.05) is 13.8 Å². The molecule has 2 rings (SSSR count). The molecule has 0 radical (unpaired) electrons. The predicted octanol–water partition coefficient (Wildman–Crippen LogP) is 3.01. The van der Waals surface area contributed by atoms with Gasteiger partial charge in [0.25, 0.3) is 0 Å². The van der Waals surface area contributed by atoms with E-state index in [-0.39, 0.29) is 6.42 Å². The highest BCUT2D eigenvalue weighted by molar-refractivity contribution is 5.70. The highest BCUT2D eigenvalue weighted by atomic mass is 16.4. The third-order valence-corrected chi connectivity index (χ3v) is 4.25. The van der Waals surface area contributed by atoms with Crippen molar-refractivity contribution in [1.82, 2.24) is 9.97 Å². The van der Waals surface area contributed by atoms with E-state index in [2.05, 4.69) is 16.9 Å². The summed E-state index contributed by atoms with van der Waals surface area (Å²) in [6.45, 7) is 6.02. The van der Waals surface area contributed by atoms with Crippen LogP contribution in [-0.2, 0) is 11.2 Å². The molecule has 1 aromatic rings. The Kier molecular flexibility index (Phi) is 4.17. The fourth-order valence-electron chi connectivity index (χ4n) is 3.04. The van der Waals surface area contributed by atoms with E-state index in [0.717, 1.165) is 35.1 Å². The zero-order valence-electron chi connectivity index (χ0n) is 11.9. The molecule has 4 nitrogen and oxygen atoms in total. The molecule has 1 N–H and O–H groups in total. The average molecular weight is 262 g/mol. The first-order valence-corrected chi connectivity index (χ1v) is 7.07. The van der Waals surface area contributed by atoms with Gasteiger partial charge in [0.1, 0.15) is 5.82 Å². The summed E-state index contributed by atoms with van der Waals surface area (Å²) in [7, 11) is 0. The zero-order chi connectivity index (χ0) is 14.0. The maximum absolute atomic E-state index is 10.8. The predicted molar refractivity (Wildman–Crippen MR) is 73.2 cm³/mol. The number of nitrogens with zero attached hydrogens (tertiary/aromatic N) is 2. The summed E-state index contributed by atoms with van der Waals surface area (Å²) in [6, 6.07) is 0. The molecule has 1 fully saturated rings. The molecular formula is C15H22N2O2. The molecule has 1 saturated carbocycles. The van der Waals surface area contributed by atoms with Crippen molar-refractivity contribution in [3.8, 4) is 0 Å². The zero-order valence-corrected chi connectivity index (χ0v) is 11.9. The SMILES string of the molecule is CCC1CCC(c2nc(C)c(CC(=O)O)c(C)n2)C1. The van der Waals surface area contributed by atoms with Gasteiger partial charge in [-0.25, -0.2) is 9.97 Å². The van der Waals surface area contributed by atoms with Crippen molar-refractivity contribution in [3.63, 3.8) is 0 Å². The van der Waals surface area contributed by atoms with E-state index >= 15 is 0 Å². The molecule has 4 heteroatoms. The molecule has 0 aromatic carbocycles. The molecule has 0 saturated heterocycles. The first kappa shape index (κ1) is 14.0. The van der Waals surface area contributed by atoms with E-state index in [0.29, 0.717) is 5.92 Å². The number of carbonyl (C=O) groups is 1. The summed E-state index contributed by atoms with van der Waals surface area (Å²) in [5, 5.41) is 8.91. The standard InChI is InChI=1S/C15H22N2O2/c1-4-11-5-6-12(7-11)15-16-9(2)13(8-14(18)19)10(3)17-15/h11-12H,4-8H2,1-3H3,(H,18,19). The van der Waals surface area contributed by atoms with Crippen LogP contribution in [0.4, 0.5) is 0 Å². The molecule has 104 valence electrons. The Morgan fingerprint density at radius 2 is 1.89 bits per heavy atom. The second-order valence-corrected chi connectivity index (χ2v) is 5.59. The maximum atomic E-state index is 10.8. The number of carboxylic acids is 1. The van der Waals surface area contributed by atoms with Crippen molar-refractivity contribution in [2.75, 3.05) is 0 Å². The molecule has 0 amide bonds. The van der Waals surface area contributed by atoms with Crippen molar-refractivity contribution in [3.05, 3.63) is 22.8 Å². The van der Waals surface area contributed by atoms with Crippen LogP contribution in [0.5, 0.6) is 0 Å². The molecule has 2 atom stereocenters. The first-order valence-electron chi connectivity index (χ1n) is 7.07. The van der Waals surface area contributed by atoms with Crippen LogP contribution in [0.1, 0.15) is 61.3 Å². The van der Waals surface area contributed by atoms with Gasteiger partial charge in [-0.1, -0.05) is 13.3 Å². The summed E-state index contributed by atoms with van der Waals surface area (Å²) in [4.78, 5) is 20.0. The van der Waals surface area contributed by atoms with Gasteiger partial charge in [-0.05, 0) is 39.0 Å². The molecule has 1 aliphatic carbocycles. The van der Waals surface area contributed by atoms with E-state index in [4.69, 9.17) is 5.11 Å². The fraction of sp³-hybridized carbons (Fsp3) is 0.667. The molecule has 0 bridgehead atoms. The lowest BCUT2D eigenvalue weighted by atomic mass is 10.0. The van der Waals surface area contributed by atoms with E-state index in [9.17, 15) is 4.79 Å². The fourth-order valence-corrected chi connectivity index (χ4v) is 3.04. The largest absolute Gasteiger partial charge is 0.481 e. The van der Waals surface area contributed by atoms with Crippen LogP contribution in [0.25, 0.3) is 0 Å². The molecule has 1 aliphatic rings. The summed E-state index contributed by atoms with van der Waals surface area (Å²) in [5.41, 5.74) is 2.41. The van der Waals surface area contributed by atoms with Crippen LogP contribution in [-0.4, -0.2) is 21.0 Å². The third kappa shape index (κ3) is 3.11. The Labute approximate surface area is 114 Å². The average Bonchev–Trinajstić information content (AvgIpc) is 2.82. The number of aromatic nitrogens is 2. The lowest BCUT2D eigenvalue weighted by Gasteiger charge is -2.13. The third-order valence-electron chi connectivity index (χ3n) is 4.25.